The van der Waals surface area contributed by atoms with Crippen molar-refractivity contribution < 1.29 is 9.84 Å². The predicted octanol–water partition coefficient (Wildman–Crippen LogP) is 4.90. The number of ether oxygens (including phenoxy) is 1. The van der Waals surface area contributed by atoms with Crippen molar-refractivity contribution in [1.82, 2.24) is 15.0 Å². The van der Waals surface area contributed by atoms with Crippen LogP contribution in [0.5, 0.6) is 11.5 Å². The first-order valence-corrected chi connectivity index (χ1v) is 8.91. The highest BCUT2D eigenvalue weighted by molar-refractivity contribution is 5.72. The molecule has 0 saturated carbocycles. The lowest BCUT2D eigenvalue weighted by atomic mass is 10.1. The van der Waals surface area contributed by atoms with Crippen molar-refractivity contribution in [3.8, 4) is 45.7 Å². The van der Waals surface area contributed by atoms with E-state index < -0.39 is 0 Å². The molecule has 0 aliphatic rings. The molecule has 0 radical (unpaired) electrons. The summed E-state index contributed by atoms with van der Waals surface area (Å²) < 4.78 is 5.49. The molecule has 1 aromatic heterocycles. The van der Waals surface area contributed by atoms with Crippen LogP contribution in [0.15, 0.2) is 72.8 Å². The van der Waals surface area contributed by atoms with Crippen LogP contribution in [-0.4, -0.2) is 27.2 Å². The number of rotatable bonds is 4. The number of hydrogen-bond acceptors (Lipinski definition) is 5. The average Bonchev–Trinajstić information content (AvgIpc) is 2.74. The number of aromatic hydroxyl groups is 1. The van der Waals surface area contributed by atoms with Crippen molar-refractivity contribution in [2.75, 3.05) is 7.11 Å². The van der Waals surface area contributed by atoms with Gasteiger partial charge in [-0.15, -0.1) is 0 Å². The largest absolute Gasteiger partial charge is 0.507 e. The number of aromatic nitrogens is 3. The summed E-state index contributed by atoms with van der Waals surface area (Å²) in [7, 11) is 1.62. The summed E-state index contributed by atoms with van der Waals surface area (Å²) in [5.74, 6) is 2.24. The fourth-order valence-corrected chi connectivity index (χ4v) is 3.05. The van der Waals surface area contributed by atoms with Gasteiger partial charge in [0.1, 0.15) is 11.5 Å². The first-order valence-electron chi connectivity index (χ1n) is 8.91. The van der Waals surface area contributed by atoms with E-state index in [1.807, 2.05) is 61.5 Å². The molecule has 4 aromatic rings. The molecule has 0 bridgehead atoms. The topological polar surface area (TPSA) is 68.1 Å². The summed E-state index contributed by atoms with van der Waals surface area (Å²) >= 11 is 0. The van der Waals surface area contributed by atoms with Crippen molar-refractivity contribution in [3.63, 3.8) is 0 Å². The maximum Gasteiger partial charge on any atom is 0.167 e. The Labute approximate surface area is 163 Å². The van der Waals surface area contributed by atoms with Gasteiger partial charge in [-0.25, -0.2) is 15.0 Å². The molecule has 28 heavy (non-hydrogen) atoms. The van der Waals surface area contributed by atoms with Crippen molar-refractivity contribution in [1.29, 1.82) is 0 Å². The van der Waals surface area contributed by atoms with Crippen LogP contribution in [0.1, 0.15) is 5.56 Å². The maximum atomic E-state index is 10.3. The highest BCUT2D eigenvalue weighted by Gasteiger charge is 2.17. The van der Waals surface area contributed by atoms with Crippen LogP contribution in [0, 0.1) is 6.92 Å². The third-order valence-corrected chi connectivity index (χ3v) is 4.51. The van der Waals surface area contributed by atoms with E-state index >= 15 is 0 Å². The number of nitrogens with zero attached hydrogens (tertiary/aromatic N) is 3. The zero-order chi connectivity index (χ0) is 19.5. The van der Waals surface area contributed by atoms with E-state index in [1.165, 1.54) is 0 Å². The number of phenols is 1. The average molecular weight is 369 g/mol. The minimum Gasteiger partial charge on any atom is -0.507 e. The fourth-order valence-electron chi connectivity index (χ4n) is 3.05. The summed E-state index contributed by atoms with van der Waals surface area (Å²) in [4.78, 5) is 14.0. The second kappa shape index (κ2) is 7.48. The van der Waals surface area contributed by atoms with E-state index in [0.29, 0.717) is 28.8 Å². The Morgan fingerprint density at radius 3 is 1.79 bits per heavy atom. The van der Waals surface area contributed by atoms with Crippen LogP contribution >= 0.6 is 0 Å². The molecule has 0 unspecified atom stereocenters. The molecule has 0 spiro atoms. The molecule has 4 rings (SSSR count). The van der Waals surface area contributed by atoms with E-state index in [4.69, 9.17) is 9.72 Å². The zero-order valence-corrected chi connectivity index (χ0v) is 15.6. The second-order valence-electron chi connectivity index (χ2n) is 6.34. The van der Waals surface area contributed by atoms with Crippen molar-refractivity contribution in [2.45, 2.75) is 6.92 Å². The van der Waals surface area contributed by atoms with Gasteiger partial charge in [-0.05, 0) is 36.8 Å². The van der Waals surface area contributed by atoms with E-state index in [9.17, 15) is 5.11 Å². The van der Waals surface area contributed by atoms with Crippen LogP contribution in [0.4, 0.5) is 0 Å². The monoisotopic (exact) mass is 369 g/mol. The SMILES string of the molecule is COc1ccccc1-c1nc(-c2ccccc2C)nc(-c2ccccc2O)n1. The maximum absolute atomic E-state index is 10.3. The van der Waals surface area contributed by atoms with E-state index in [1.54, 1.807) is 25.3 Å². The Kier molecular flexibility index (Phi) is 4.72. The minimum absolute atomic E-state index is 0.121. The molecular formula is C23H19N3O2. The van der Waals surface area contributed by atoms with Crippen molar-refractivity contribution in [2.24, 2.45) is 0 Å². The van der Waals surface area contributed by atoms with Gasteiger partial charge in [0.25, 0.3) is 0 Å². The van der Waals surface area contributed by atoms with Gasteiger partial charge < -0.3 is 9.84 Å². The quantitative estimate of drug-likeness (QED) is 0.554. The van der Waals surface area contributed by atoms with Gasteiger partial charge in [0.05, 0.1) is 18.2 Å². The van der Waals surface area contributed by atoms with Crippen LogP contribution < -0.4 is 4.74 Å². The van der Waals surface area contributed by atoms with E-state index in [0.717, 1.165) is 16.7 Å². The molecule has 1 heterocycles. The van der Waals surface area contributed by atoms with Gasteiger partial charge >= 0.3 is 0 Å². The van der Waals surface area contributed by atoms with E-state index in [2.05, 4.69) is 9.97 Å². The molecule has 0 saturated heterocycles. The zero-order valence-electron chi connectivity index (χ0n) is 15.6. The smallest absolute Gasteiger partial charge is 0.167 e. The lowest BCUT2D eigenvalue weighted by Crippen LogP contribution is -2.02. The van der Waals surface area contributed by atoms with Gasteiger partial charge in [-0.2, -0.15) is 0 Å². The minimum atomic E-state index is 0.121. The number of para-hydroxylation sites is 2. The molecule has 0 amide bonds. The number of phenolic OH excluding ortho intramolecular Hbond substituents is 1. The normalized spacial score (nSPS) is 10.6. The molecule has 0 aliphatic heterocycles. The standard InChI is InChI=1S/C23H19N3O2/c1-15-9-3-4-10-16(15)21-24-22(17-11-5-7-13-19(17)27)26-23(25-21)18-12-6-8-14-20(18)28-2/h3-14,27H,1-2H3. The van der Waals surface area contributed by atoms with Crippen LogP contribution in [-0.2, 0) is 0 Å². The van der Waals surface area contributed by atoms with Gasteiger partial charge in [0, 0.05) is 5.56 Å². The Hall–Kier alpha value is -3.73. The molecule has 5 heteroatoms. The number of aryl methyl sites for hydroxylation is 1. The first-order chi connectivity index (χ1) is 13.7. The Bertz CT molecular complexity index is 1080. The summed E-state index contributed by atoms with van der Waals surface area (Å²) in [6.45, 7) is 2.02. The Morgan fingerprint density at radius 1 is 0.643 bits per heavy atom. The molecule has 1 N–H and O–H groups in total. The Balaban J connectivity index is 1.99. The first kappa shape index (κ1) is 17.7. The van der Waals surface area contributed by atoms with Gasteiger partial charge in [-0.3, -0.25) is 0 Å². The molecule has 0 fully saturated rings. The predicted molar refractivity (Wildman–Crippen MR) is 109 cm³/mol. The lowest BCUT2D eigenvalue weighted by Gasteiger charge is -2.12. The third-order valence-electron chi connectivity index (χ3n) is 4.51. The number of benzene rings is 3. The molecule has 138 valence electrons. The molecule has 0 atom stereocenters. The fraction of sp³-hybridized carbons (Fsp3) is 0.0870. The van der Waals surface area contributed by atoms with Crippen molar-refractivity contribution >= 4 is 0 Å². The van der Waals surface area contributed by atoms with Crippen LogP contribution in [0.3, 0.4) is 0 Å². The van der Waals surface area contributed by atoms with Crippen LogP contribution in [0.2, 0.25) is 0 Å². The lowest BCUT2D eigenvalue weighted by molar-refractivity contribution is 0.416. The number of hydrogen-bond donors (Lipinski definition) is 1. The van der Waals surface area contributed by atoms with E-state index in [-0.39, 0.29) is 5.75 Å². The molecule has 5 nitrogen and oxygen atoms in total. The number of methoxy groups -OCH3 is 1. The summed E-state index contributed by atoms with van der Waals surface area (Å²) in [6, 6.07) is 22.5. The van der Waals surface area contributed by atoms with Gasteiger partial charge in [0.2, 0.25) is 0 Å². The highest BCUT2D eigenvalue weighted by atomic mass is 16.5. The molecule has 3 aromatic carbocycles. The summed E-state index contributed by atoms with van der Waals surface area (Å²) in [6.07, 6.45) is 0. The van der Waals surface area contributed by atoms with Crippen LogP contribution in [0.25, 0.3) is 34.2 Å². The van der Waals surface area contributed by atoms with Gasteiger partial charge in [0.15, 0.2) is 17.5 Å². The third kappa shape index (κ3) is 3.30. The molecule has 0 aliphatic carbocycles. The second-order valence-corrected chi connectivity index (χ2v) is 6.34. The molecular weight excluding hydrogens is 350 g/mol. The summed E-state index contributed by atoms with van der Waals surface area (Å²) in [5, 5.41) is 10.3. The summed E-state index contributed by atoms with van der Waals surface area (Å²) in [5.41, 5.74) is 3.29. The van der Waals surface area contributed by atoms with Gasteiger partial charge in [-0.1, -0.05) is 48.5 Å². The Morgan fingerprint density at radius 2 is 1.14 bits per heavy atom. The van der Waals surface area contributed by atoms with Crippen molar-refractivity contribution in [3.05, 3.63) is 78.4 Å². The highest BCUT2D eigenvalue weighted by Crippen LogP contribution is 2.33.